The molecule has 0 aliphatic rings. The van der Waals surface area contributed by atoms with Gasteiger partial charge in [0.05, 0.1) is 0 Å². The maximum Gasteiger partial charge on any atom is 0.115 e. The van der Waals surface area contributed by atoms with Crippen molar-refractivity contribution in [1.82, 2.24) is 15.3 Å². The average Bonchev–Trinajstić information content (AvgIpc) is 2.07. The molecule has 0 saturated carbocycles. The second kappa shape index (κ2) is 4.57. The second-order valence-corrected chi connectivity index (χ2v) is 2.13. The van der Waals surface area contributed by atoms with Crippen molar-refractivity contribution in [3.63, 3.8) is 0 Å². The standard InChI is InChI=1S/C8H11N3/c1-9-4-2-3-8-5-10-7-11-6-8/h2-3,5-7,9H,4H2,1H3. The summed E-state index contributed by atoms with van der Waals surface area (Å²) in [6.45, 7) is 0.870. The summed E-state index contributed by atoms with van der Waals surface area (Å²) in [5.74, 6) is 0. The largest absolute Gasteiger partial charge is 0.316 e. The van der Waals surface area contributed by atoms with Gasteiger partial charge in [0.2, 0.25) is 0 Å². The molecule has 0 saturated heterocycles. The van der Waals surface area contributed by atoms with Crippen LogP contribution in [0.2, 0.25) is 0 Å². The maximum atomic E-state index is 3.88. The number of aromatic nitrogens is 2. The first kappa shape index (κ1) is 7.88. The molecule has 3 heteroatoms. The Bertz CT molecular complexity index is 218. The van der Waals surface area contributed by atoms with Crippen molar-refractivity contribution in [2.24, 2.45) is 0 Å². The number of rotatable bonds is 3. The molecule has 11 heavy (non-hydrogen) atoms. The highest BCUT2D eigenvalue weighted by Gasteiger charge is 1.82. The number of hydrogen-bond acceptors (Lipinski definition) is 3. The maximum absolute atomic E-state index is 3.88. The first-order chi connectivity index (χ1) is 5.43. The molecule has 0 spiro atoms. The third-order valence-electron chi connectivity index (χ3n) is 1.21. The molecule has 0 bridgehead atoms. The van der Waals surface area contributed by atoms with Crippen molar-refractivity contribution in [3.8, 4) is 0 Å². The summed E-state index contributed by atoms with van der Waals surface area (Å²) in [7, 11) is 1.91. The molecule has 0 aromatic carbocycles. The lowest BCUT2D eigenvalue weighted by Gasteiger charge is -1.89. The van der Waals surface area contributed by atoms with Crippen LogP contribution in [-0.2, 0) is 0 Å². The van der Waals surface area contributed by atoms with Crippen LogP contribution in [0.15, 0.2) is 24.8 Å². The highest BCUT2D eigenvalue weighted by molar-refractivity contribution is 5.46. The quantitative estimate of drug-likeness (QED) is 0.687. The van der Waals surface area contributed by atoms with Crippen LogP contribution in [0, 0.1) is 0 Å². The summed E-state index contributed by atoms with van der Waals surface area (Å²) >= 11 is 0. The first-order valence-corrected chi connectivity index (χ1v) is 3.49. The van der Waals surface area contributed by atoms with Gasteiger partial charge in [-0.2, -0.15) is 0 Å². The molecule has 1 aromatic rings. The number of hydrogen-bond donors (Lipinski definition) is 1. The number of likely N-dealkylation sites (N-methyl/N-ethyl adjacent to an activating group) is 1. The Labute approximate surface area is 66.2 Å². The van der Waals surface area contributed by atoms with Gasteiger partial charge in [-0.15, -0.1) is 0 Å². The van der Waals surface area contributed by atoms with E-state index in [2.05, 4.69) is 15.3 Å². The first-order valence-electron chi connectivity index (χ1n) is 3.49. The van der Waals surface area contributed by atoms with Gasteiger partial charge in [0, 0.05) is 24.5 Å². The lowest BCUT2D eigenvalue weighted by Crippen LogP contribution is -2.03. The van der Waals surface area contributed by atoms with Crippen LogP contribution < -0.4 is 5.32 Å². The van der Waals surface area contributed by atoms with Crippen molar-refractivity contribution in [2.75, 3.05) is 13.6 Å². The normalized spacial score (nSPS) is 10.6. The molecule has 1 aromatic heterocycles. The third kappa shape index (κ3) is 2.91. The molecule has 0 amide bonds. The van der Waals surface area contributed by atoms with Crippen LogP contribution in [0.1, 0.15) is 5.56 Å². The lowest BCUT2D eigenvalue weighted by atomic mass is 10.3. The minimum atomic E-state index is 0.870. The Morgan fingerprint density at radius 2 is 2.18 bits per heavy atom. The van der Waals surface area contributed by atoms with Crippen molar-refractivity contribution in [2.45, 2.75) is 0 Å². The zero-order valence-electron chi connectivity index (χ0n) is 6.49. The van der Waals surface area contributed by atoms with Crippen LogP contribution in [0.25, 0.3) is 6.08 Å². The van der Waals surface area contributed by atoms with Crippen LogP contribution in [0.4, 0.5) is 0 Å². The molecule has 0 aliphatic heterocycles. The summed E-state index contributed by atoms with van der Waals surface area (Å²) < 4.78 is 0. The molecule has 1 heterocycles. The summed E-state index contributed by atoms with van der Waals surface area (Å²) in [6, 6.07) is 0. The average molecular weight is 149 g/mol. The SMILES string of the molecule is CNCC=Cc1cncnc1. The molecule has 0 atom stereocenters. The van der Waals surface area contributed by atoms with Crippen molar-refractivity contribution in [1.29, 1.82) is 0 Å². The van der Waals surface area contributed by atoms with Gasteiger partial charge in [0.25, 0.3) is 0 Å². The lowest BCUT2D eigenvalue weighted by molar-refractivity contribution is 0.922. The fourth-order valence-corrected chi connectivity index (χ4v) is 0.710. The van der Waals surface area contributed by atoms with Crippen LogP contribution in [0.5, 0.6) is 0 Å². The van der Waals surface area contributed by atoms with E-state index in [0.29, 0.717) is 0 Å². The molecule has 1 N–H and O–H groups in total. The van der Waals surface area contributed by atoms with E-state index >= 15 is 0 Å². The van der Waals surface area contributed by atoms with Crippen LogP contribution >= 0.6 is 0 Å². The third-order valence-corrected chi connectivity index (χ3v) is 1.21. The molecule has 0 fully saturated rings. The predicted octanol–water partition coefficient (Wildman–Crippen LogP) is 0.709. The van der Waals surface area contributed by atoms with Gasteiger partial charge in [-0.05, 0) is 7.05 Å². The molecule has 0 radical (unpaired) electrons. The van der Waals surface area contributed by atoms with Crippen LogP contribution in [-0.4, -0.2) is 23.6 Å². The van der Waals surface area contributed by atoms with Gasteiger partial charge in [-0.1, -0.05) is 12.2 Å². The summed E-state index contributed by atoms with van der Waals surface area (Å²) in [5.41, 5.74) is 1.03. The number of nitrogens with one attached hydrogen (secondary N) is 1. The summed E-state index contributed by atoms with van der Waals surface area (Å²) in [4.78, 5) is 7.76. The Hall–Kier alpha value is -1.22. The molecule has 1 rings (SSSR count). The van der Waals surface area contributed by atoms with E-state index in [4.69, 9.17) is 0 Å². The number of nitrogens with zero attached hydrogens (tertiary/aromatic N) is 2. The molecular weight excluding hydrogens is 138 g/mol. The van der Waals surface area contributed by atoms with Crippen molar-refractivity contribution >= 4 is 6.08 Å². The fraction of sp³-hybridized carbons (Fsp3) is 0.250. The highest BCUT2D eigenvalue weighted by Crippen LogP contribution is 1.94. The van der Waals surface area contributed by atoms with Gasteiger partial charge >= 0.3 is 0 Å². The van der Waals surface area contributed by atoms with Gasteiger partial charge < -0.3 is 5.32 Å². The fourth-order valence-electron chi connectivity index (χ4n) is 0.710. The van der Waals surface area contributed by atoms with E-state index in [0.717, 1.165) is 12.1 Å². The second-order valence-electron chi connectivity index (χ2n) is 2.13. The molecular formula is C8H11N3. The van der Waals surface area contributed by atoms with Gasteiger partial charge in [0.15, 0.2) is 0 Å². The topological polar surface area (TPSA) is 37.8 Å². The Kier molecular flexibility index (Phi) is 3.28. The Morgan fingerprint density at radius 1 is 1.45 bits per heavy atom. The van der Waals surface area contributed by atoms with E-state index < -0.39 is 0 Å². The van der Waals surface area contributed by atoms with E-state index in [-0.39, 0.29) is 0 Å². The Balaban J connectivity index is 2.50. The zero-order valence-corrected chi connectivity index (χ0v) is 6.49. The predicted molar refractivity (Wildman–Crippen MR) is 45.0 cm³/mol. The minimum Gasteiger partial charge on any atom is -0.316 e. The molecule has 58 valence electrons. The van der Waals surface area contributed by atoms with Gasteiger partial charge in [0.1, 0.15) is 6.33 Å². The monoisotopic (exact) mass is 149 g/mol. The molecule has 0 unspecified atom stereocenters. The highest BCUT2D eigenvalue weighted by atomic mass is 14.8. The van der Waals surface area contributed by atoms with E-state index in [9.17, 15) is 0 Å². The van der Waals surface area contributed by atoms with E-state index in [1.807, 2.05) is 19.2 Å². The molecule has 0 aliphatic carbocycles. The van der Waals surface area contributed by atoms with Gasteiger partial charge in [-0.3, -0.25) is 0 Å². The summed E-state index contributed by atoms with van der Waals surface area (Å²) in [6.07, 6.45) is 9.09. The van der Waals surface area contributed by atoms with Crippen LogP contribution in [0.3, 0.4) is 0 Å². The van der Waals surface area contributed by atoms with Crippen molar-refractivity contribution in [3.05, 3.63) is 30.4 Å². The molecule has 3 nitrogen and oxygen atoms in total. The van der Waals surface area contributed by atoms with Crippen molar-refractivity contribution < 1.29 is 0 Å². The van der Waals surface area contributed by atoms with E-state index in [1.165, 1.54) is 6.33 Å². The van der Waals surface area contributed by atoms with Gasteiger partial charge in [-0.25, -0.2) is 9.97 Å². The Morgan fingerprint density at radius 3 is 2.82 bits per heavy atom. The zero-order chi connectivity index (χ0) is 7.94. The smallest absolute Gasteiger partial charge is 0.115 e. The minimum absolute atomic E-state index is 0.870. The summed E-state index contributed by atoms with van der Waals surface area (Å²) in [5, 5.41) is 3.01. The van der Waals surface area contributed by atoms with E-state index in [1.54, 1.807) is 12.4 Å².